The summed E-state index contributed by atoms with van der Waals surface area (Å²) >= 11 is 0. The number of carbonyl (C=O) groups is 1. The summed E-state index contributed by atoms with van der Waals surface area (Å²) in [6.45, 7) is 0.475. The van der Waals surface area contributed by atoms with Gasteiger partial charge in [0.2, 0.25) is 5.91 Å². The molecule has 4 heteroatoms. The molecule has 0 aliphatic heterocycles. The van der Waals surface area contributed by atoms with E-state index in [-0.39, 0.29) is 19.0 Å². The zero-order valence-electron chi connectivity index (χ0n) is 10.9. The molecular formula is C15H18N2O2. The Morgan fingerprint density at radius 2 is 1.95 bits per heavy atom. The lowest BCUT2D eigenvalue weighted by Gasteiger charge is -2.13. The number of likely N-dealkylation sites (N-methyl/N-ethyl adjacent to an activating group) is 1. The monoisotopic (exact) mass is 258 g/mol. The van der Waals surface area contributed by atoms with Crippen molar-refractivity contribution in [3.63, 3.8) is 0 Å². The Balaban J connectivity index is 2.04. The fraction of sp³-hybridized carbons (Fsp3) is 0.267. The molecule has 0 spiro atoms. The van der Waals surface area contributed by atoms with Crippen LogP contribution >= 0.6 is 0 Å². The summed E-state index contributed by atoms with van der Waals surface area (Å²) in [5.41, 5.74) is 0.809. The summed E-state index contributed by atoms with van der Waals surface area (Å²) in [7, 11) is 1.71. The highest BCUT2D eigenvalue weighted by Gasteiger charge is 2.09. The molecule has 2 aromatic rings. The molecule has 0 fully saturated rings. The van der Waals surface area contributed by atoms with Crippen LogP contribution in [0.2, 0.25) is 0 Å². The van der Waals surface area contributed by atoms with E-state index in [0.29, 0.717) is 0 Å². The zero-order chi connectivity index (χ0) is 13.7. The molecule has 0 bridgehead atoms. The Morgan fingerprint density at radius 3 is 2.68 bits per heavy atom. The van der Waals surface area contributed by atoms with Crippen LogP contribution in [0.3, 0.4) is 0 Å². The van der Waals surface area contributed by atoms with E-state index in [0.717, 1.165) is 16.3 Å². The number of aliphatic hydroxyl groups excluding tert-OH is 1. The average molecular weight is 258 g/mol. The van der Waals surface area contributed by atoms with Crippen molar-refractivity contribution in [2.24, 2.45) is 0 Å². The number of hydrogen-bond acceptors (Lipinski definition) is 3. The number of amides is 1. The van der Waals surface area contributed by atoms with Crippen molar-refractivity contribution in [1.82, 2.24) is 10.6 Å². The van der Waals surface area contributed by atoms with Crippen molar-refractivity contribution in [3.8, 4) is 0 Å². The highest BCUT2D eigenvalue weighted by Crippen LogP contribution is 2.19. The molecule has 0 radical (unpaired) electrons. The number of carbonyl (C=O) groups excluding carboxylic acids is 1. The first-order valence-electron chi connectivity index (χ1n) is 6.29. The van der Waals surface area contributed by atoms with Crippen molar-refractivity contribution in [2.75, 3.05) is 20.1 Å². The van der Waals surface area contributed by atoms with Gasteiger partial charge in [-0.15, -0.1) is 0 Å². The second-order valence-electron chi connectivity index (χ2n) is 4.46. The van der Waals surface area contributed by atoms with Crippen molar-refractivity contribution in [1.29, 1.82) is 0 Å². The largest absolute Gasteiger partial charge is 0.387 e. The quantitative estimate of drug-likeness (QED) is 0.755. The lowest BCUT2D eigenvalue weighted by molar-refractivity contribution is -0.120. The summed E-state index contributed by atoms with van der Waals surface area (Å²) in [4.78, 5) is 11.3. The summed E-state index contributed by atoms with van der Waals surface area (Å²) in [5, 5.41) is 17.7. The minimum atomic E-state index is -0.689. The van der Waals surface area contributed by atoms with E-state index in [9.17, 15) is 9.90 Å². The summed E-state index contributed by atoms with van der Waals surface area (Å²) in [6.07, 6.45) is -0.689. The molecule has 0 saturated carbocycles. The molecule has 0 aromatic heterocycles. The van der Waals surface area contributed by atoms with Crippen LogP contribution in [0, 0.1) is 0 Å². The molecule has 100 valence electrons. The highest BCUT2D eigenvalue weighted by atomic mass is 16.3. The number of benzene rings is 2. The SMILES string of the molecule is CNCC(=O)NCC(O)c1ccc2ccccc2c1. The fourth-order valence-electron chi connectivity index (χ4n) is 1.97. The van der Waals surface area contributed by atoms with Gasteiger partial charge in [-0.1, -0.05) is 36.4 Å². The lowest BCUT2D eigenvalue weighted by atomic mass is 10.0. The first-order chi connectivity index (χ1) is 9.20. The van der Waals surface area contributed by atoms with Gasteiger partial charge in [0.1, 0.15) is 0 Å². The van der Waals surface area contributed by atoms with Gasteiger partial charge in [-0.2, -0.15) is 0 Å². The van der Waals surface area contributed by atoms with Crippen molar-refractivity contribution in [3.05, 3.63) is 48.0 Å². The molecule has 19 heavy (non-hydrogen) atoms. The molecule has 3 N–H and O–H groups in total. The second-order valence-corrected chi connectivity index (χ2v) is 4.46. The van der Waals surface area contributed by atoms with Crippen LogP contribution in [-0.2, 0) is 4.79 Å². The molecule has 4 nitrogen and oxygen atoms in total. The molecule has 1 atom stereocenters. The molecule has 0 heterocycles. The minimum Gasteiger partial charge on any atom is -0.387 e. The van der Waals surface area contributed by atoms with Crippen molar-refractivity contribution < 1.29 is 9.90 Å². The standard InChI is InChI=1S/C15H18N2O2/c1-16-10-15(19)17-9-14(18)13-7-6-11-4-2-3-5-12(11)8-13/h2-8,14,16,18H,9-10H2,1H3,(H,17,19). The van der Waals surface area contributed by atoms with Crippen LogP contribution in [0.4, 0.5) is 0 Å². The van der Waals surface area contributed by atoms with Crippen LogP contribution in [0.25, 0.3) is 10.8 Å². The fourth-order valence-corrected chi connectivity index (χ4v) is 1.97. The van der Waals surface area contributed by atoms with E-state index < -0.39 is 6.10 Å². The normalized spacial score (nSPS) is 12.3. The number of rotatable bonds is 5. The summed E-state index contributed by atoms with van der Waals surface area (Å²) < 4.78 is 0. The van der Waals surface area contributed by atoms with E-state index in [1.807, 2.05) is 42.5 Å². The third kappa shape index (κ3) is 3.53. The Labute approximate surface area is 112 Å². The van der Waals surface area contributed by atoms with Gasteiger partial charge in [0.05, 0.1) is 12.6 Å². The van der Waals surface area contributed by atoms with Gasteiger partial charge in [0, 0.05) is 6.54 Å². The molecule has 0 aliphatic rings. The maximum atomic E-state index is 11.3. The Morgan fingerprint density at radius 1 is 1.21 bits per heavy atom. The van der Waals surface area contributed by atoms with Gasteiger partial charge < -0.3 is 15.7 Å². The third-order valence-electron chi connectivity index (χ3n) is 2.99. The van der Waals surface area contributed by atoms with E-state index in [4.69, 9.17) is 0 Å². The van der Waals surface area contributed by atoms with Gasteiger partial charge in [0.15, 0.2) is 0 Å². The molecule has 1 amide bonds. The molecule has 2 rings (SSSR count). The first kappa shape index (κ1) is 13.5. The van der Waals surface area contributed by atoms with Crippen LogP contribution < -0.4 is 10.6 Å². The highest BCUT2D eigenvalue weighted by molar-refractivity contribution is 5.83. The summed E-state index contributed by atoms with van der Waals surface area (Å²) in [6, 6.07) is 13.8. The number of aliphatic hydroxyl groups is 1. The predicted octanol–water partition coefficient (Wildman–Crippen LogP) is 1.21. The van der Waals surface area contributed by atoms with Gasteiger partial charge >= 0.3 is 0 Å². The van der Waals surface area contributed by atoms with Crippen LogP contribution in [0.1, 0.15) is 11.7 Å². The number of hydrogen-bond donors (Lipinski definition) is 3. The Hall–Kier alpha value is -1.91. The van der Waals surface area contributed by atoms with Gasteiger partial charge in [-0.25, -0.2) is 0 Å². The van der Waals surface area contributed by atoms with E-state index in [1.165, 1.54) is 0 Å². The average Bonchev–Trinajstić information content (AvgIpc) is 2.44. The number of fused-ring (bicyclic) bond motifs is 1. The lowest BCUT2D eigenvalue weighted by Crippen LogP contribution is -2.34. The van der Waals surface area contributed by atoms with Crippen molar-refractivity contribution >= 4 is 16.7 Å². The van der Waals surface area contributed by atoms with E-state index >= 15 is 0 Å². The molecule has 0 aliphatic carbocycles. The number of nitrogens with one attached hydrogen (secondary N) is 2. The minimum absolute atomic E-state index is 0.123. The van der Waals surface area contributed by atoms with E-state index in [2.05, 4.69) is 10.6 Å². The smallest absolute Gasteiger partial charge is 0.234 e. The molecule has 2 aromatic carbocycles. The van der Waals surface area contributed by atoms with Gasteiger partial charge in [-0.3, -0.25) is 4.79 Å². The second kappa shape index (κ2) is 6.31. The van der Waals surface area contributed by atoms with Crippen LogP contribution in [-0.4, -0.2) is 31.2 Å². The molecular weight excluding hydrogens is 240 g/mol. The Kier molecular flexibility index (Phi) is 4.49. The molecule has 1 unspecified atom stereocenters. The van der Waals surface area contributed by atoms with Crippen LogP contribution in [0.5, 0.6) is 0 Å². The topological polar surface area (TPSA) is 61.4 Å². The third-order valence-corrected chi connectivity index (χ3v) is 2.99. The maximum absolute atomic E-state index is 11.3. The van der Waals surface area contributed by atoms with Crippen molar-refractivity contribution in [2.45, 2.75) is 6.10 Å². The van der Waals surface area contributed by atoms with E-state index in [1.54, 1.807) is 7.05 Å². The predicted molar refractivity (Wildman–Crippen MR) is 75.8 cm³/mol. The van der Waals surface area contributed by atoms with Crippen LogP contribution in [0.15, 0.2) is 42.5 Å². The Bertz CT molecular complexity index is 569. The summed E-state index contributed by atoms with van der Waals surface area (Å²) in [5.74, 6) is -0.123. The van der Waals surface area contributed by atoms with Gasteiger partial charge in [0.25, 0.3) is 0 Å². The maximum Gasteiger partial charge on any atom is 0.234 e. The first-order valence-corrected chi connectivity index (χ1v) is 6.29. The molecule has 0 saturated heterocycles. The zero-order valence-corrected chi connectivity index (χ0v) is 10.9. The van der Waals surface area contributed by atoms with Gasteiger partial charge in [-0.05, 0) is 29.4 Å².